The molecule has 0 atom stereocenters. The van der Waals surface area contributed by atoms with Crippen molar-refractivity contribution in [3.05, 3.63) is 69.2 Å². The standard InChI is InChI=1S/C14H24NP.C8H12.CH4.2CH3.Ir/c1-13(2,3)16(14(4,5)6)11-12-9-7-8-10-15-12;1-2-4-6-8-7-5-3-1;;;;/h7-10H,11H2,1-6H3;1-2,7-8H,3-6H2;1H4;2*1H3;/q;;;2*-1;/p+1/b;2-1-,8-7?;;;;. The maximum Gasteiger partial charge on any atom is 0.1000 e. The molecule has 1 heterocycles. The molecule has 28 heavy (non-hydrogen) atoms. The minimum Gasteiger partial charge on any atom is -0.358 e. The number of pyridine rings is 1. The van der Waals surface area contributed by atoms with Gasteiger partial charge in [-0.1, -0.05) is 37.8 Å². The second-order valence-electron chi connectivity index (χ2n) is 8.57. The van der Waals surface area contributed by atoms with E-state index in [1.165, 1.54) is 37.5 Å². The summed E-state index contributed by atoms with van der Waals surface area (Å²) in [6.45, 7) is 14.2. The van der Waals surface area contributed by atoms with Crippen LogP contribution in [0, 0.1) is 14.9 Å². The number of hydrogen-bond donors (Lipinski definition) is 0. The number of hydrogen-bond acceptors (Lipinski definition) is 1. The first-order chi connectivity index (χ1) is 11.2. The first-order valence-corrected chi connectivity index (χ1v) is 11.0. The van der Waals surface area contributed by atoms with Crippen LogP contribution in [0.4, 0.5) is 0 Å². The number of rotatable bonds is 2. The second-order valence-corrected chi connectivity index (χ2v) is 12.9. The van der Waals surface area contributed by atoms with E-state index in [0.29, 0.717) is 10.3 Å². The van der Waals surface area contributed by atoms with Crippen molar-refractivity contribution in [2.75, 3.05) is 0 Å². The topological polar surface area (TPSA) is 12.9 Å². The smallest absolute Gasteiger partial charge is 0.1000 e. The average Bonchev–Trinajstić information content (AvgIpc) is 2.43. The Bertz CT molecular complexity index is 470. The van der Waals surface area contributed by atoms with Gasteiger partial charge in [0.25, 0.3) is 0 Å². The fourth-order valence-corrected chi connectivity index (χ4v) is 7.08. The third-order valence-corrected chi connectivity index (χ3v) is 8.57. The molecule has 0 bridgehead atoms. The maximum atomic E-state index is 4.47. The summed E-state index contributed by atoms with van der Waals surface area (Å²) in [5, 5.41) is 0.834. The fraction of sp³-hybridized carbons (Fsp3) is 0.560. The van der Waals surface area contributed by atoms with Gasteiger partial charge in [0, 0.05) is 34.2 Å². The minimum atomic E-state index is -0.491. The van der Waals surface area contributed by atoms with E-state index in [0.717, 1.165) is 0 Å². The van der Waals surface area contributed by atoms with E-state index in [4.69, 9.17) is 0 Å². The monoisotopic (exact) mass is 585 g/mol. The summed E-state index contributed by atoms with van der Waals surface area (Å²) in [6.07, 6.45) is 17.1. The summed E-state index contributed by atoms with van der Waals surface area (Å²) >= 11 is 0. The molecule has 0 unspecified atom stereocenters. The number of aromatic nitrogens is 1. The van der Waals surface area contributed by atoms with Crippen LogP contribution in [0.15, 0.2) is 48.7 Å². The van der Waals surface area contributed by atoms with Crippen LogP contribution >= 0.6 is 7.92 Å². The van der Waals surface area contributed by atoms with E-state index in [2.05, 4.69) is 83.0 Å². The summed E-state index contributed by atoms with van der Waals surface area (Å²) < 4.78 is 0. The van der Waals surface area contributed by atoms with Crippen LogP contribution in [0.2, 0.25) is 0 Å². The molecule has 0 aromatic carbocycles. The predicted octanol–water partition coefficient (Wildman–Crippen LogP) is 8.60. The van der Waals surface area contributed by atoms with Gasteiger partial charge in [0.2, 0.25) is 0 Å². The molecular weight excluding hydrogens is 537 g/mol. The van der Waals surface area contributed by atoms with Gasteiger partial charge in [-0.05, 0) is 79.4 Å². The van der Waals surface area contributed by atoms with Crippen LogP contribution in [0.3, 0.4) is 0 Å². The minimum absolute atomic E-state index is 0. The van der Waals surface area contributed by atoms with Gasteiger partial charge in [0.15, 0.2) is 0 Å². The zero-order valence-corrected chi connectivity index (χ0v) is 22.3. The molecule has 1 aliphatic rings. The molecular formula is C25H47IrNP-. The predicted molar refractivity (Wildman–Crippen MR) is 132 cm³/mol. The molecule has 1 aromatic rings. The molecule has 0 amide bonds. The van der Waals surface area contributed by atoms with Crippen molar-refractivity contribution >= 4 is 7.92 Å². The Hall–Kier alpha value is -0.291. The average molecular weight is 585 g/mol. The largest absolute Gasteiger partial charge is 0.358 e. The summed E-state index contributed by atoms with van der Waals surface area (Å²) in [7, 11) is -0.491. The SMILES string of the molecule is C.C1=CCC/C=C\CC1.CC(C)(C)[PH+](Cc1ccccn1)C(C)(C)C.[CH3-].[CH3-].[Ir]. The molecule has 0 spiro atoms. The van der Waals surface area contributed by atoms with E-state index in [1.54, 1.807) is 0 Å². The summed E-state index contributed by atoms with van der Waals surface area (Å²) in [5.74, 6) is 0. The van der Waals surface area contributed by atoms with Gasteiger partial charge >= 0.3 is 0 Å². The van der Waals surface area contributed by atoms with Crippen molar-refractivity contribution in [3.63, 3.8) is 0 Å². The molecule has 1 radical (unpaired) electrons. The van der Waals surface area contributed by atoms with E-state index in [9.17, 15) is 0 Å². The molecule has 1 aliphatic carbocycles. The van der Waals surface area contributed by atoms with Crippen LogP contribution in [0.25, 0.3) is 0 Å². The molecule has 167 valence electrons. The summed E-state index contributed by atoms with van der Waals surface area (Å²) in [6, 6.07) is 6.24. The Balaban J connectivity index is -0.000000208. The first-order valence-electron chi connectivity index (χ1n) is 9.28. The van der Waals surface area contributed by atoms with E-state index in [-0.39, 0.29) is 42.4 Å². The Morgan fingerprint density at radius 3 is 1.46 bits per heavy atom. The van der Waals surface area contributed by atoms with Crippen molar-refractivity contribution in [2.45, 2.75) is 91.1 Å². The number of nitrogens with zero attached hydrogens (tertiary/aromatic N) is 1. The number of allylic oxidation sites excluding steroid dienone is 4. The zero-order valence-electron chi connectivity index (χ0n) is 18.9. The molecule has 0 fully saturated rings. The molecule has 0 saturated carbocycles. The van der Waals surface area contributed by atoms with Crippen molar-refractivity contribution in [2.24, 2.45) is 0 Å². The van der Waals surface area contributed by atoms with Crippen LogP contribution in [-0.4, -0.2) is 15.3 Å². The van der Waals surface area contributed by atoms with Crippen LogP contribution < -0.4 is 0 Å². The van der Waals surface area contributed by atoms with Gasteiger partial charge in [0.1, 0.15) is 0 Å². The van der Waals surface area contributed by atoms with Crippen LogP contribution in [-0.2, 0) is 26.3 Å². The van der Waals surface area contributed by atoms with Gasteiger partial charge < -0.3 is 14.9 Å². The van der Waals surface area contributed by atoms with Crippen molar-refractivity contribution < 1.29 is 20.1 Å². The van der Waals surface area contributed by atoms with Crippen molar-refractivity contribution in [3.8, 4) is 0 Å². The van der Waals surface area contributed by atoms with E-state index in [1.807, 2.05) is 12.3 Å². The van der Waals surface area contributed by atoms with Gasteiger partial charge in [-0.2, -0.15) is 0 Å². The quantitative estimate of drug-likeness (QED) is 0.193. The Kier molecular flexibility index (Phi) is 22.1. The van der Waals surface area contributed by atoms with Crippen molar-refractivity contribution in [1.29, 1.82) is 0 Å². The van der Waals surface area contributed by atoms with E-state index < -0.39 is 7.92 Å². The molecule has 2 rings (SSSR count). The normalized spacial score (nSPS) is 14.4. The van der Waals surface area contributed by atoms with Gasteiger partial charge in [0.05, 0.1) is 22.2 Å². The maximum absolute atomic E-state index is 4.47. The van der Waals surface area contributed by atoms with Gasteiger partial charge in [-0.3, -0.25) is 4.98 Å². The first kappa shape index (κ1) is 35.2. The molecule has 0 saturated heterocycles. The molecule has 0 N–H and O–H groups in total. The van der Waals surface area contributed by atoms with Gasteiger partial charge in [-0.15, -0.1) is 0 Å². The zero-order chi connectivity index (χ0) is 18.1. The van der Waals surface area contributed by atoms with E-state index >= 15 is 0 Å². The third kappa shape index (κ3) is 15.6. The van der Waals surface area contributed by atoms with Crippen LogP contribution in [0.5, 0.6) is 0 Å². The Morgan fingerprint density at radius 1 is 0.786 bits per heavy atom. The van der Waals surface area contributed by atoms with Crippen LogP contribution in [0.1, 0.15) is 80.3 Å². The molecule has 0 aliphatic heterocycles. The Labute approximate surface area is 193 Å². The molecule has 1 aromatic heterocycles. The van der Waals surface area contributed by atoms with Crippen molar-refractivity contribution in [1.82, 2.24) is 4.98 Å². The molecule has 3 heteroatoms. The van der Waals surface area contributed by atoms with Gasteiger partial charge in [-0.25, -0.2) is 0 Å². The third-order valence-electron chi connectivity index (χ3n) is 4.23. The fourth-order valence-electron chi connectivity index (χ4n) is 3.20. The second kappa shape index (κ2) is 17.6. The molecule has 1 nitrogen and oxygen atoms in total. The Morgan fingerprint density at radius 2 is 1.18 bits per heavy atom. The summed E-state index contributed by atoms with van der Waals surface area (Å²) in [4.78, 5) is 4.47. The summed E-state index contributed by atoms with van der Waals surface area (Å²) in [5.41, 5.74) is 1.25.